The molecule has 1 saturated heterocycles. The molecule has 0 unspecified atom stereocenters. The molecule has 1 aromatic carbocycles. The number of amides is 1. The molecule has 0 saturated carbocycles. The molecule has 0 N–H and O–H groups in total. The topological polar surface area (TPSA) is 75.5 Å². The second kappa shape index (κ2) is 8.89. The number of piperazine rings is 1. The zero-order valence-electron chi connectivity index (χ0n) is 17.6. The van der Waals surface area contributed by atoms with E-state index in [1.165, 1.54) is 12.7 Å². The molecule has 8 heteroatoms. The molecule has 0 aliphatic carbocycles. The van der Waals surface area contributed by atoms with Crippen molar-refractivity contribution in [3.8, 4) is 11.4 Å². The third-order valence-corrected chi connectivity index (χ3v) is 6.96. The van der Waals surface area contributed by atoms with Crippen molar-refractivity contribution in [2.24, 2.45) is 0 Å². The fourth-order valence-corrected chi connectivity index (χ4v) is 4.91. The van der Waals surface area contributed by atoms with Crippen LogP contribution in [0.25, 0.3) is 11.4 Å². The minimum atomic E-state index is -2.97. The Morgan fingerprint density at radius 2 is 1.73 bits per heavy atom. The lowest BCUT2D eigenvalue weighted by Crippen LogP contribution is -2.49. The Kier molecular flexibility index (Phi) is 6.24. The van der Waals surface area contributed by atoms with Crippen molar-refractivity contribution in [3.63, 3.8) is 0 Å². The van der Waals surface area contributed by atoms with Crippen molar-refractivity contribution in [1.82, 2.24) is 19.4 Å². The maximum absolute atomic E-state index is 13.4. The van der Waals surface area contributed by atoms with Gasteiger partial charge < -0.3 is 9.47 Å². The van der Waals surface area contributed by atoms with Crippen LogP contribution >= 0.6 is 0 Å². The molecule has 4 rings (SSSR count). The molecule has 30 heavy (non-hydrogen) atoms. The lowest BCUT2D eigenvalue weighted by atomic mass is 10.1. The van der Waals surface area contributed by atoms with Gasteiger partial charge in [-0.1, -0.05) is 36.8 Å². The fourth-order valence-electron chi connectivity index (χ4n) is 4.32. The van der Waals surface area contributed by atoms with Gasteiger partial charge >= 0.3 is 0 Å². The highest BCUT2D eigenvalue weighted by Crippen LogP contribution is 2.28. The van der Waals surface area contributed by atoms with Gasteiger partial charge in [0.1, 0.15) is 21.4 Å². The van der Waals surface area contributed by atoms with Crippen molar-refractivity contribution in [1.29, 1.82) is 0 Å². The van der Waals surface area contributed by atoms with E-state index < -0.39 is 9.84 Å². The number of nitrogens with zero attached hydrogens (tertiary/aromatic N) is 4. The Bertz CT molecular complexity index is 993. The predicted molar refractivity (Wildman–Crippen MR) is 117 cm³/mol. The summed E-state index contributed by atoms with van der Waals surface area (Å²) in [7, 11) is -2.97. The van der Waals surface area contributed by atoms with Crippen LogP contribution in [-0.4, -0.2) is 78.4 Å². The van der Waals surface area contributed by atoms with E-state index in [2.05, 4.69) is 21.6 Å². The van der Waals surface area contributed by atoms with Crippen molar-refractivity contribution < 1.29 is 13.2 Å². The van der Waals surface area contributed by atoms with Crippen molar-refractivity contribution in [2.75, 3.05) is 44.7 Å². The number of hydrogen-bond acceptors (Lipinski definition) is 5. The number of aromatic nitrogens is 2. The molecule has 2 aliphatic heterocycles. The van der Waals surface area contributed by atoms with Crippen LogP contribution in [0.3, 0.4) is 0 Å². The van der Waals surface area contributed by atoms with E-state index in [0.717, 1.165) is 42.9 Å². The second-order valence-electron chi connectivity index (χ2n) is 8.32. The molecule has 3 heterocycles. The highest BCUT2D eigenvalue weighted by Gasteiger charge is 2.29. The number of carbonyl (C=O) groups is 1. The number of sulfone groups is 1. The van der Waals surface area contributed by atoms with Crippen LogP contribution in [0.1, 0.15) is 35.4 Å². The molecule has 1 aromatic heterocycles. The molecule has 0 spiro atoms. The van der Waals surface area contributed by atoms with Crippen LogP contribution in [0.2, 0.25) is 0 Å². The Balaban J connectivity index is 1.53. The van der Waals surface area contributed by atoms with E-state index in [-0.39, 0.29) is 11.7 Å². The molecular weight excluding hydrogens is 400 g/mol. The molecular formula is C22H30N4O3S. The standard InChI is InChI=1S/C22H30N4O3S/c1-30(28,29)17-16-24-12-14-25(15-13-24)22(27)20-19-10-6-3-7-11-26(19)21(23-20)18-8-4-2-5-9-18/h2,4-5,8-9H,3,6-7,10-17H2,1H3. The van der Waals surface area contributed by atoms with Crippen LogP contribution in [0.5, 0.6) is 0 Å². The summed E-state index contributed by atoms with van der Waals surface area (Å²) < 4.78 is 25.1. The summed E-state index contributed by atoms with van der Waals surface area (Å²) in [4.78, 5) is 22.2. The van der Waals surface area contributed by atoms with Gasteiger partial charge in [-0.3, -0.25) is 9.69 Å². The molecule has 1 fully saturated rings. The van der Waals surface area contributed by atoms with Crippen LogP contribution < -0.4 is 0 Å². The molecule has 0 atom stereocenters. The van der Waals surface area contributed by atoms with Crippen LogP contribution in [0.15, 0.2) is 30.3 Å². The van der Waals surface area contributed by atoms with E-state index in [0.29, 0.717) is 38.4 Å². The number of hydrogen-bond donors (Lipinski definition) is 0. The second-order valence-corrected chi connectivity index (χ2v) is 10.6. The number of carbonyl (C=O) groups excluding carboxylic acids is 1. The minimum absolute atomic E-state index is 0.00518. The summed E-state index contributed by atoms with van der Waals surface area (Å²) >= 11 is 0. The van der Waals surface area contributed by atoms with Crippen molar-refractivity contribution >= 4 is 15.7 Å². The first-order valence-electron chi connectivity index (χ1n) is 10.8. The number of fused-ring (bicyclic) bond motifs is 1. The first kappa shape index (κ1) is 21.1. The Morgan fingerprint density at radius 1 is 1.00 bits per heavy atom. The molecule has 7 nitrogen and oxygen atoms in total. The van der Waals surface area contributed by atoms with E-state index in [4.69, 9.17) is 4.98 Å². The summed E-state index contributed by atoms with van der Waals surface area (Å²) in [5, 5.41) is 0. The maximum atomic E-state index is 13.4. The van der Waals surface area contributed by atoms with Crippen LogP contribution in [-0.2, 0) is 22.8 Å². The van der Waals surface area contributed by atoms with Gasteiger partial charge in [0, 0.05) is 51.1 Å². The first-order chi connectivity index (χ1) is 14.4. The quantitative estimate of drug-likeness (QED) is 0.726. The van der Waals surface area contributed by atoms with E-state index >= 15 is 0 Å². The van der Waals surface area contributed by atoms with Gasteiger partial charge in [-0.25, -0.2) is 13.4 Å². The summed E-state index contributed by atoms with van der Waals surface area (Å²) in [6, 6.07) is 10.1. The zero-order chi connectivity index (χ0) is 21.1. The minimum Gasteiger partial charge on any atom is -0.335 e. The zero-order valence-corrected chi connectivity index (χ0v) is 18.4. The SMILES string of the molecule is CS(=O)(=O)CCN1CCN(C(=O)c2nc(-c3ccccc3)n3c2CCCCC3)CC1. The van der Waals surface area contributed by atoms with E-state index in [1.807, 2.05) is 23.1 Å². The average molecular weight is 431 g/mol. The van der Waals surface area contributed by atoms with Crippen molar-refractivity contribution in [3.05, 3.63) is 41.7 Å². The highest BCUT2D eigenvalue weighted by molar-refractivity contribution is 7.90. The predicted octanol–water partition coefficient (Wildman–Crippen LogP) is 2.08. The van der Waals surface area contributed by atoms with Gasteiger partial charge in [0.25, 0.3) is 5.91 Å². The monoisotopic (exact) mass is 430 g/mol. The fraction of sp³-hybridized carbons (Fsp3) is 0.545. The normalized spacial score (nSPS) is 18.1. The lowest BCUT2D eigenvalue weighted by Gasteiger charge is -2.34. The largest absolute Gasteiger partial charge is 0.335 e. The smallest absolute Gasteiger partial charge is 0.274 e. The van der Waals surface area contributed by atoms with Gasteiger partial charge in [0.15, 0.2) is 0 Å². The summed E-state index contributed by atoms with van der Waals surface area (Å²) in [5.41, 5.74) is 2.71. The van der Waals surface area contributed by atoms with Gasteiger partial charge in [-0.05, 0) is 19.3 Å². The molecule has 2 aromatic rings. The molecule has 0 bridgehead atoms. The summed E-state index contributed by atoms with van der Waals surface area (Å²) in [5.74, 6) is 1.06. The number of benzene rings is 1. The third kappa shape index (κ3) is 4.75. The van der Waals surface area contributed by atoms with E-state index in [1.54, 1.807) is 0 Å². The summed E-state index contributed by atoms with van der Waals surface area (Å²) in [6.07, 6.45) is 5.51. The summed E-state index contributed by atoms with van der Waals surface area (Å²) in [6.45, 7) is 4.04. The van der Waals surface area contributed by atoms with Crippen molar-refractivity contribution in [2.45, 2.75) is 32.2 Å². The molecule has 162 valence electrons. The van der Waals surface area contributed by atoms with Gasteiger partial charge in [-0.2, -0.15) is 0 Å². The van der Waals surface area contributed by atoms with Crippen LogP contribution in [0, 0.1) is 0 Å². The van der Waals surface area contributed by atoms with Crippen LogP contribution in [0.4, 0.5) is 0 Å². The maximum Gasteiger partial charge on any atom is 0.274 e. The lowest BCUT2D eigenvalue weighted by molar-refractivity contribution is 0.0637. The van der Waals surface area contributed by atoms with E-state index in [9.17, 15) is 13.2 Å². The molecule has 1 amide bonds. The molecule has 2 aliphatic rings. The third-order valence-electron chi connectivity index (χ3n) is 6.04. The Labute approximate surface area is 178 Å². The highest BCUT2D eigenvalue weighted by atomic mass is 32.2. The Hall–Kier alpha value is -2.19. The Morgan fingerprint density at radius 3 is 2.43 bits per heavy atom. The first-order valence-corrected chi connectivity index (χ1v) is 12.8. The van der Waals surface area contributed by atoms with Gasteiger partial charge in [0.2, 0.25) is 0 Å². The average Bonchev–Trinajstić information content (AvgIpc) is 2.93. The number of rotatable bonds is 5. The van der Waals surface area contributed by atoms with Gasteiger partial charge in [0.05, 0.1) is 11.4 Å². The van der Waals surface area contributed by atoms with Gasteiger partial charge in [-0.15, -0.1) is 0 Å². The molecule has 0 radical (unpaired) electrons. The number of imidazole rings is 1.